The Labute approximate surface area is 183 Å². The molecular weight excluding hydrogens is 388 g/mol. The zero-order valence-electron chi connectivity index (χ0n) is 18.6. The van der Waals surface area contributed by atoms with Crippen molar-refractivity contribution in [3.05, 3.63) is 65.2 Å². The van der Waals surface area contributed by atoms with Crippen LogP contribution in [0.25, 0.3) is 5.82 Å². The quantitative estimate of drug-likeness (QED) is 0.615. The van der Waals surface area contributed by atoms with E-state index in [1.54, 1.807) is 0 Å². The average Bonchev–Trinajstić information content (AvgIpc) is 3.12. The van der Waals surface area contributed by atoms with E-state index in [1.165, 1.54) is 5.56 Å². The number of hydrogen-bond acceptors (Lipinski definition) is 5. The fourth-order valence-corrected chi connectivity index (χ4v) is 4.10. The number of nitrogens with zero attached hydrogens (tertiary/aromatic N) is 6. The maximum Gasteiger partial charge on any atom is 0.222 e. The topological polar surface area (TPSA) is 67.2 Å². The monoisotopic (exact) mass is 418 g/mol. The van der Waals surface area contributed by atoms with Crippen LogP contribution in [0.3, 0.4) is 0 Å². The first-order chi connectivity index (χ1) is 15.0. The van der Waals surface area contributed by atoms with E-state index >= 15 is 0 Å². The first kappa shape index (κ1) is 21.0. The van der Waals surface area contributed by atoms with Crippen LogP contribution in [0.5, 0.6) is 0 Å². The molecule has 0 saturated carbocycles. The van der Waals surface area contributed by atoms with Gasteiger partial charge in [-0.3, -0.25) is 4.79 Å². The van der Waals surface area contributed by atoms with Crippen molar-refractivity contribution in [1.29, 1.82) is 0 Å². The lowest BCUT2D eigenvalue weighted by atomic mass is 10.1. The van der Waals surface area contributed by atoms with Gasteiger partial charge in [-0.1, -0.05) is 30.3 Å². The van der Waals surface area contributed by atoms with Crippen LogP contribution in [0.15, 0.2) is 42.5 Å². The van der Waals surface area contributed by atoms with Gasteiger partial charge in [-0.2, -0.15) is 5.10 Å². The predicted octanol–water partition coefficient (Wildman–Crippen LogP) is 3.26. The summed E-state index contributed by atoms with van der Waals surface area (Å²) in [6.45, 7) is 8.92. The number of amides is 1. The van der Waals surface area contributed by atoms with Gasteiger partial charge in [0.05, 0.1) is 5.69 Å². The molecule has 0 radical (unpaired) electrons. The maximum atomic E-state index is 12.6. The highest BCUT2D eigenvalue weighted by atomic mass is 16.2. The van der Waals surface area contributed by atoms with Crippen molar-refractivity contribution in [3.8, 4) is 5.82 Å². The number of aryl methyl sites for hydroxylation is 4. The smallest absolute Gasteiger partial charge is 0.222 e. The molecule has 1 saturated heterocycles. The third kappa shape index (κ3) is 5.10. The van der Waals surface area contributed by atoms with Crippen molar-refractivity contribution < 1.29 is 4.79 Å². The van der Waals surface area contributed by atoms with Gasteiger partial charge in [0.25, 0.3) is 0 Å². The van der Waals surface area contributed by atoms with Gasteiger partial charge in [0.15, 0.2) is 5.82 Å². The van der Waals surface area contributed by atoms with E-state index in [0.717, 1.165) is 67.9 Å². The van der Waals surface area contributed by atoms with E-state index in [0.29, 0.717) is 6.42 Å². The second-order valence-electron chi connectivity index (χ2n) is 8.18. The Hall–Kier alpha value is -3.22. The van der Waals surface area contributed by atoms with Gasteiger partial charge in [-0.05, 0) is 45.2 Å². The molecule has 0 unspecified atom stereocenters. The van der Waals surface area contributed by atoms with E-state index in [-0.39, 0.29) is 5.91 Å². The normalized spacial score (nSPS) is 14.2. The lowest BCUT2D eigenvalue weighted by Crippen LogP contribution is -2.49. The van der Waals surface area contributed by atoms with Crippen LogP contribution < -0.4 is 4.90 Å². The summed E-state index contributed by atoms with van der Waals surface area (Å²) in [5.41, 5.74) is 3.31. The molecule has 31 heavy (non-hydrogen) atoms. The van der Waals surface area contributed by atoms with E-state index in [1.807, 2.05) is 60.7 Å². The summed E-state index contributed by atoms with van der Waals surface area (Å²) in [6.07, 6.45) is 2.44. The summed E-state index contributed by atoms with van der Waals surface area (Å²) in [4.78, 5) is 26.1. The molecule has 7 heteroatoms. The molecule has 0 N–H and O–H groups in total. The molecule has 0 atom stereocenters. The number of aromatic nitrogens is 4. The Kier molecular flexibility index (Phi) is 6.30. The molecule has 0 spiro atoms. The fourth-order valence-electron chi connectivity index (χ4n) is 4.10. The lowest BCUT2D eigenvalue weighted by molar-refractivity contribution is -0.131. The number of carbonyl (C=O) groups is 1. The molecule has 4 rings (SSSR count). The molecule has 3 heterocycles. The van der Waals surface area contributed by atoms with Gasteiger partial charge in [-0.25, -0.2) is 14.6 Å². The Balaban J connectivity index is 1.34. The summed E-state index contributed by atoms with van der Waals surface area (Å²) in [6, 6.07) is 14.4. The molecule has 162 valence electrons. The van der Waals surface area contributed by atoms with Gasteiger partial charge >= 0.3 is 0 Å². The first-order valence-corrected chi connectivity index (χ1v) is 11.0. The average molecular weight is 419 g/mol. The fraction of sp³-hybridized carbons (Fsp3) is 0.417. The zero-order chi connectivity index (χ0) is 21.8. The highest BCUT2D eigenvalue weighted by Crippen LogP contribution is 2.19. The molecule has 1 amide bonds. The van der Waals surface area contributed by atoms with Gasteiger partial charge in [0, 0.05) is 44.4 Å². The second-order valence-corrected chi connectivity index (χ2v) is 8.18. The number of anilines is 1. The van der Waals surface area contributed by atoms with Crippen LogP contribution in [0, 0.1) is 20.8 Å². The third-order valence-electron chi connectivity index (χ3n) is 5.69. The second kappa shape index (κ2) is 9.29. The number of piperazine rings is 1. The van der Waals surface area contributed by atoms with Crippen LogP contribution in [-0.4, -0.2) is 56.7 Å². The lowest BCUT2D eigenvalue weighted by Gasteiger charge is -2.35. The van der Waals surface area contributed by atoms with Crippen molar-refractivity contribution in [2.75, 3.05) is 31.1 Å². The number of benzene rings is 1. The Bertz CT molecular complexity index is 1040. The van der Waals surface area contributed by atoms with Crippen molar-refractivity contribution in [3.63, 3.8) is 0 Å². The molecule has 0 bridgehead atoms. The van der Waals surface area contributed by atoms with Crippen LogP contribution in [0.2, 0.25) is 0 Å². The number of rotatable bonds is 6. The zero-order valence-corrected chi connectivity index (χ0v) is 18.6. The van der Waals surface area contributed by atoms with E-state index in [4.69, 9.17) is 0 Å². The van der Waals surface area contributed by atoms with Crippen molar-refractivity contribution in [2.45, 2.75) is 40.0 Å². The van der Waals surface area contributed by atoms with Gasteiger partial charge in [-0.15, -0.1) is 0 Å². The van der Waals surface area contributed by atoms with Gasteiger partial charge < -0.3 is 9.80 Å². The Morgan fingerprint density at radius 2 is 1.65 bits per heavy atom. The molecule has 2 aromatic heterocycles. The van der Waals surface area contributed by atoms with Crippen molar-refractivity contribution in [1.82, 2.24) is 24.6 Å². The maximum absolute atomic E-state index is 12.6. The van der Waals surface area contributed by atoms with Crippen LogP contribution in [-0.2, 0) is 11.2 Å². The molecule has 7 nitrogen and oxygen atoms in total. The minimum Gasteiger partial charge on any atom is -0.353 e. The molecule has 0 aliphatic carbocycles. The third-order valence-corrected chi connectivity index (χ3v) is 5.69. The molecule has 1 aliphatic heterocycles. The number of hydrogen-bond donors (Lipinski definition) is 0. The summed E-state index contributed by atoms with van der Waals surface area (Å²) in [5.74, 6) is 2.65. The SMILES string of the molecule is Cc1cc(C)n(-c2cc(N3CCN(C(=O)CCCc4ccccc4)CC3)nc(C)n2)n1. The molecule has 1 fully saturated rings. The van der Waals surface area contributed by atoms with Crippen LogP contribution >= 0.6 is 0 Å². The Morgan fingerprint density at radius 1 is 0.935 bits per heavy atom. The molecular formula is C24H30N6O. The summed E-state index contributed by atoms with van der Waals surface area (Å²) in [5, 5.41) is 4.55. The van der Waals surface area contributed by atoms with Crippen molar-refractivity contribution >= 4 is 11.7 Å². The highest BCUT2D eigenvalue weighted by Gasteiger charge is 2.22. The Morgan fingerprint density at radius 3 is 2.32 bits per heavy atom. The largest absolute Gasteiger partial charge is 0.353 e. The summed E-state index contributed by atoms with van der Waals surface area (Å²) in [7, 11) is 0. The van der Waals surface area contributed by atoms with Gasteiger partial charge in [0.1, 0.15) is 11.6 Å². The summed E-state index contributed by atoms with van der Waals surface area (Å²) >= 11 is 0. The molecule has 3 aromatic rings. The molecule has 1 aromatic carbocycles. The van der Waals surface area contributed by atoms with E-state index < -0.39 is 0 Å². The minimum absolute atomic E-state index is 0.248. The van der Waals surface area contributed by atoms with E-state index in [2.05, 4.69) is 32.1 Å². The van der Waals surface area contributed by atoms with Crippen LogP contribution in [0.4, 0.5) is 5.82 Å². The summed E-state index contributed by atoms with van der Waals surface area (Å²) < 4.78 is 1.86. The minimum atomic E-state index is 0.248. The standard InChI is InChI=1S/C24H30N6O/c1-18-16-19(2)30(27-18)23-17-22(25-20(3)26-23)28-12-14-29(15-13-28)24(31)11-7-10-21-8-5-4-6-9-21/h4-6,8-9,16-17H,7,10-15H2,1-3H3. The molecule has 1 aliphatic rings. The van der Waals surface area contributed by atoms with Crippen molar-refractivity contribution in [2.24, 2.45) is 0 Å². The predicted molar refractivity (Wildman–Crippen MR) is 122 cm³/mol. The van der Waals surface area contributed by atoms with Gasteiger partial charge in [0.2, 0.25) is 5.91 Å². The van der Waals surface area contributed by atoms with E-state index in [9.17, 15) is 4.79 Å². The van der Waals surface area contributed by atoms with Crippen LogP contribution in [0.1, 0.15) is 35.6 Å². The number of carbonyl (C=O) groups excluding carboxylic acids is 1. The first-order valence-electron chi connectivity index (χ1n) is 11.0. The highest BCUT2D eigenvalue weighted by molar-refractivity contribution is 5.76.